The lowest BCUT2D eigenvalue weighted by Crippen LogP contribution is -2.07. The molecule has 0 aliphatic rings. The Morgan fingerprint density at radius 3 is 2.22 bits per heavy atom. The standard InChI is InChI=1S/C8H6BrCl2NO2.2C2H6/c1-14-8(13)7-4(10)2-6(11)12-5(7)3-9;2*1-2/h2H,3H2,1H3;2*1-2H3. The Morgan fingerprint density at radius 1 is 1.33 bits per heavy atom. The molecule has 104 valence electrons. The Kier molecular flexibility index (Phi) is 13.1. The van der Waals surface area contributed by atoms with Crippen molar-refractivity contribution in [3.8, 4) is 0 Å². The molecule has 0 saturated heterocycles. The van der Waals surface area contributed by atoms with E-state index in [-0.39, 0.29) is 15.7 Å². The highest BCUT2D eigenvalue weighted by molar-refractivity contribution is 9.08. The van der Waals surface area contributed by atoms with Crippen molar-refractivity contribution in [3.05, 3.63) is 27.5 Å². The number of nitrogens with zero attached hydrogens (tertiary/aromatic N) is 1. The van der Waals surface area contributed by atoms with Crippen molar-refractivity contribution in [2.45, 2.75) is 33.0 Å². The van der Waals surface area contributed by atoms with Crippen LogP contribution in [-0.4, -0.2) is 18.1 Å². The first-order valence-electron chi connectivity index (χ1n) is 5.59. The zero-order valence-electron chi connectivity index (χ0n) is 11.2. The second kappa shape index (κ2) is 11.8. The SMILES string of the molecule is CC.CC.COC(=O)c1c(Cl)cc(Cl)nc1CBr. The second-order valence-electron chi connectivity index (χ2n) is 2.37. The van der Waals surface area contributed by atoms with Crippen LogP contribution in [0.15, 0.2) is 6.07 Å². The van der Waals surface area contributed by atoms with Gasteiger partial charge in [0.1, 0.15) is 10.7 Å². The van der Waals surface area contributed by atoms with Gasteiger partial charge in [0.2, 0.25) is 0 Å². The van der Waals surface area contributed by atoms with E-state index < -0.39 is 5.97 Å². The molecule has 0 N–H and O–H groups in total. The first kappa shape index (κ1) is 20.0. The number of hydrogen-bond donors (Lipinski definition) is 0. The number of carbonyl (C=O) groups is 1. The molecule has 0 atom stereocenters. The molecule has 0 unspecified atom stereocenters. The van der Waals surface area contributed by atoms with Gasteiger partial charge in [0.05, 0.1) is 17.8 Å². The monoisotopic (exact) mass is 357 g/mol. The van der Waals surface area contributed by atoms with Gasteiger partial charge in [0.25, 0.3) is 0 Å². The average molecular weight is 359 g/mol. The quantitative estimate of drug-likeness (QED) is 0.418. The molecule has 18 heavy (non-hydrogen) atoms. The molecular weight excluding hydrogens is 341 g/mol. The normalized spacial score (nSPS) is 8.44. The molecule has 0 fully saturated rings. The fourth-order valence-corrected chi connectivity index (χ4v) is 1.91. The van der Waals surface area contributed by atoms with E-state index in [0.29, 0.717) is 11.0 Å². The van der Waals surface area contributed by atoms with Gasteiger partial charge in [-0.3, -0.25) is 0 Å². The van der Waals surface area contributed by atoms with E-state index in [2.05, 4.69) is 25.7 Å². The van der Waals surface area contributed by atoms with E-state index in [0.717, 1.165) is 0 Å². The molecule has 3 nitrogen and oxygen atoms in total. The molecule has 1 rings (SSSR count). The maximum atomic E-state index is 11.3. The van der Waals surface area contributed by atoms with Crippen LogP contribution in [0.3, 0.4) is 0 Å². The molecule has 0 aliphatic heterocycles. The number of halogens is 3. The predicted octanol–water partition coefficient (Wildman–Crippen LogP) is 5.12. The van der Waals surface area contributed by atoms with Gasteiger partial charge in [-0.2, -0.15) is 0 Å². The number of rotatable bonds is 2. The Morgan fingerprint density at radius 2 is 1.83 bits per heavy atom. The summed E-state index contributed by atoms with van der Waals surface area (Å²) in [6.45, 7) is 8.00. The number of esters is 1. The number of ether oxygens (including phenoxy) is 1. The molecule has 0 spiro atoms. The largest absolute Gasteiger partial charge is 0.465 e. The van der Waals surface area contributed by atoms with Crippen LogP contribution in [0.25, 0.3) is 0 Å². The molecule has 0 radical (unpaired) electrons. The van der Waals surface area contributed by atoms with Crippen LogP contribution in [0.1, 0.15) is 43.7 Å². The van der Waals surface area contributed by atoms with Gasteiger partial charge >= 0.3 is 5.97 Å². The van der Waals surface area contributed by atoms with Gasteiger partial charge in [0, 0.05) is 5.33 Å². The minimum atomic E-state index is -0.520. The van der Waals surface area contributed by atoms with Crippen LogP contribution in [0.2, 0.25) is 10.2 Å². The van der Waals surface area contributed by atoms with Crippen molar-refractivity contribution in [2.24, 2.45) is 0 Å². The minimum Gasteiger partial charge on any atom is -0.465 e. The average Bonchev–Trinajstić information content (AvgIpc) is 2.41. The lowest BCUT2D eigenvalue weighted by atomic mass is 10.2. The van der Waals surface area contributed by atoms with Crippen LogP contribution in [0, 0.1) is 0 Å². The third kappa shape index (κ3) is 6.03. The molecule has 1 aromatic heterocycles. The summed E-state index contributed by atoms with van der Waals surface area (Å²) in [4.78, 5) is 15.3. The smallest absolute Gasteiger partial charge is 0.341 e. The molecule has 0 saturated carbocycles. The summed E-state index contributed by atoms with van der Waals surface area (Å²) >= 11 is 14.7. The molecule has 0 aliphatic carbocycles. The molecule has 0 aromatic carbocycles. The highest BCUT2D eigenvalue weighted by atomic mass is 79.9. The number of methoxy groups -OCH3 is 1. The van der Waals surface area contributed by atoms with Crippen molar-refractivity contribution in [1.82, 2.24) is 4.98 Å². The fraction of sp³-hybridized carbons (Fsp3) is 0.500. The summed E-state index contributed by atoms with van der Waals surface area (Å²) in [5, 5.41) is 0.876. The van der Waals surface area contributed by atoms with Gasteiger partial charge in [-0.05, 0) is 6.07 Å². The van der Waals surface area contributed by atoms with E-state index in [1.807, 2.05) is 27.7 Å². The predicted molar refractivity (Wildman–Crippen MR) is 80.9 cm³/mol. The Balaban J connectivity index is 0. The maximum absolute atomic E-state index is 11.3. The number of aromatic nitrogens is 1. The van der Waals surface area contributed by atoms with E-state index in [9.17, 15) is 4.79 Å². The number of pyridine rings is 1. The first-order chi connectivity index (χ1) is 8.60. The highest BCUT2D eigenvalue weighted by Gasteiger charge is 2.17. The van der Waals surface area contributed by atoms with Gasteiger partial charge in [-0.25, -0.2) is 9.78 Å². The number of carbonyl (C=O) groups excluding carboxylic acids is 1. The zero-order chi connectivity index (χ0) is 14.7. The van der Waals surface area contributed by atoms with E-state index in [1.54, 1.807) is 0 Å². The third-order valence-electron chi connectivity index (χ3n) is 1.53. The second-order valence-corrected chi connectivity index (χ2v) is 3.73. The lowest BCUT2D eigenvalue weighted by Gasteiger charge is -2.06. The van der Waals surface area contributed by atoms with Crippen LogP contribution in [0.4, 0.5) is 0 Å². The van der Waals surface area contributed by atoms with E-state index in [4.69, 9.17) is 23.2 Å². The summed E-state index contributed by atoms with van der Waals surface area (Å²) in [5.41, 5.74) is 0.713. The van der Waals surface area contributed by atoms with Gasteiger partial charge < -0.3 is 4.74 Å². The van der Waals surface area contributed by atoms with Gasteiger partial charge in [-0.1, -0.05) is 66.8 Å². The highest BCUT2D eigenvalue weighted by Crippen LogP contribution is 2.24. The van der Waals surface area contributed by atoms with Crippen LogP contribution < -0.4 is 0 Å². The summed E-state index contributed by atoms with van der Waals surface area (Å²) in [5.74, 6) is -0.520. The Labute approximate surface area is 127 Å². The van der Waals surface area contributed by atoms with E-state index in [1.165, 1.54) is 13.2 Å². The molecule has 1 aromatic rings. The summed E-state index contributed by atoms with van der Waals surface area (Å²) in [7, 11) is 1.28. The molecule has 1 heterocycles. The van der Waals surface area contributed by atoms with Gasteiger partial charge in [0.15, 0.2) is 0 Å². The van der Waals surface area contributed by atoms with Crippen molar-refractivity contribution in [3.63, 3.8) is 0 Å². The Hall–Kier alpha value is -0.320. The van der Waals surface area contributed by atoms with Crippen molar-refractivity contribution >= 4 is 45.1 Å². The summed E-state index contributed by atoms with van der Waals surface area (Å²) in [6.07, 6.45) is 0. The van der Waals surface area contributed by atoms with Crippen molar-refractivity contribution in [1.29, 1.82) is 0 Å². The number of alkyl halides is 1. The molecule has 0 bridgehead atoms. The third-order valence-corrected chi connectivity index (χ3v) is 2.55. The van der Waals surface area contributed by atoms with Crippen molar-refractivity contribution < 1.29 is 9.53 Å². The van der Waals surface area contributed by atoms with Crippen LogP contribution >= 0.6 is 39.1 Å². The fourth-order valence-electron chi connectivity index (χ4n) is 0.946. The van der Waals surface area contributed by atoms with Crippen LogP contribution in [-0.2, 0) is 10.1 Å². The van der Waals surface area contributed by atoms with Crippen molar-refractivity contribution in [2.75, 3.05) is 7.11 Å². The molecular formula is C12H18BrCl2NO2. The molecule has 0 amide bonds. The minimum absolute atomic E-state index is 0.242. The summed E-state index contributed by atoms with van der Waals surface area (Å²) in [6, 6.07) is 1.40. The first-order valence-corrected chi connectivity index (χ1v) is 7.47. The lowest BCUT2D eigenvalue weighted by molar-refractivity contribution is 0.0599. The summed E-state index contributed by atoms with van der Waals surface area (Å²) < 4.78 is 4.57. The van der Waals surface area contributed by atoms with E-state index >= 15 is 0 Å². The topological polar surface area (TPSA) is 39.2 Å². The maximum Gasteiger partial charge on any atom is 0.341 e. The Bertz CT molecular complexity index is 373. The number of hydrogen-bond acceptors (Lipinski definition) is 3. The zero-order valence-corrected chi connectivity index (χ0v) is 14.3. The van der Waals surface area contributed by atoms with Gasteiger partial charge in [-0.15, -0.1) is 0 Å². The van der Waals surface area contributed by atoms with Crippen LogP contribution in [0.5, 0.6) is 0 Å². The molecule has 6 heteroatoms.